The van der Waals surface area contributed by atoms with Crippen LogP contribution in [-0.4, -0.2) is 8.42 Å². The molecule has 0 radical (unpaired) electrons. The van der Waals surface area contributed by atoms with Crippen LogP contribution in [0.3, 0.4) is 0 Å². The fraction of sp³-hybridized carbons (Fsp3) is 0.0714. The Morgan fingerprint density at radius 1 is 1.15 bits per heavy atom. The molecule has 2 aromatic rings. The first-order chi connectivity index (χ1) is 9.51. The average molecular weight is 290 g/mol. The Morgan fingerprint density at radius 2 is 1.85 bits per heavy atom. The standard InChI is InChI=1S/C14H11FN2O2S/c15-12-2-1-3-14(10-12)20(18,19)17-13-6-4-11(5-7-13)8-9-16/h1-7,10,17H,8H2. The van der Waals surface area contributed by atoms with E-state index in [9.17, 15) is 12.8 Å². The van der Waals surface area contributed by atoms with Gasteiger partial charge in [0.2, 0.25) is 0 Å². The Kier molecular flexibility index (Phi) is 4.01. The molecule has 6 heteroatoms. The number of anilines is 1. The predicted octanol–water partition coefficient (Wildman–Crippen LogP) is 2.69. The van der Waals surface area contributed by atoms with Gasteiger partial charge in [-0.2, -0.15) is 5.26 Å². The van der Waals surface area contributed by atoms with Crippen molar-refractivity contribution < 1.29 is 12.8 Å². The number of nitrogens with one attached hydrogen (secondary N) is 1. The molecule has 0 unspecified atom stereocenters. The minimum atomic E-state index is -3.82. The Bertz CT molecular complexity index is 749. The van der Waals surface area contributed by atoms with Crippen molar-refractivity contribution in [3.63, 3.8) is 0 Å². The highest BCUT2D eigenvalue weighted by atomic mass is 32.2. The van der Waals surface area contributed by atoms with Gasteiger partial charge in [-0.15, -0.1) is 0 Å². The molecule has 0 saturated heterocycles. The Hall–Kier alpha value is -2.39. The summed E-state index contributed by atoms with van der Waals surface area (Å²) < 4.78 is 39.5. The van der Waals surface area contributed by atoms with Crippen LogP contribution in [0, 0.1) is 17.1 Å². The van der Waals surface area contributed by atoms with E-state index in [0.717, 1.165) is 11.6 Å². The lowest BCUT2D eigenvalue weighted by Gasteiger charge is -2.08. The van der Waals surface area contributed by atoms with E-state index in [2.05, 4.69) is 4.72 Å². The third-order valence-corrected chi connectivity index (χ3v) is 3.97. The van der Waals surface area contributed by atoms with Crippen LogP contribution in [0.25, 0.3) is 0 Å². The lowest BCUT2D eigenvalue weighted by Crippen LogP contribution is -2.13. The first kappa shape index (κ1) is 14.0. The number of halogens is 1. The van der Waals surface area contributed by atoms with E-state index in [0.29, 0.717) is 5.69 Å². The van der Waals surface area contributed by atoms with Crippen LogP contribution in [0.4, 0.5) is 10.1 Å². The summed E-state index contributed by atoms with van der Waals surface area (Å²) in [4.78, 5) is -0.140. The lowest BCUT2D eigenvalue weighted by atomic mass is 10.1. The Morgan fingerprint density at radius 3 is 2.45 bits per heavy atom. The van der Waals surface area contributed by atoms with Crippen LogP contribution < -0.4 is 4.72 Å². The second kappa shape index (κ2) is 5.72. The molecule has 0 fully saturated rings. The van der Waals surface area contributed by atoms with E-state index in [1.54, 1.807) is 24.3 Å². The number of nitriles is 1. The quantitative estimate of drug-likeness (QED) is 0.941. The summed E-state index contributed by atoms with van der Waals surface area (Å²) in [6.45, 7) is 0. The van der Waals surface area contributed by atoms with E-state index >= 15 is 0 Å². The summed E-state index contributed by atoms with van der Waals surface area (Å²) in [5.41, 5.74) is 1.15. The van der Waals surface area contributed by atoms with Crippen LogP contribution >= 0.6 is 0 Å². The molecule has 2 aromatic carbocycles. The Balaban J connectivity index is 2.22. The maximum atomic E-state index is 13.1. The van der Waals surface area contributed by atoms with Crippen molar-refractivity contribution in [2.24, 2.45) is 0 Å². The molecule has 0 bridgehead atoms. The van der Waals surface area contributed by atoms with Crippen molar-refractivity contribution in [1.29, 1.82) is 5.26 Å². The minimum absolute atomic E-state index is 0.140. The first-order valence-electron chi connectivity index (χ1n) is 5.75. The van der Waals surface area contributed by atoms with Crippen molar-refractivity contribution in [2.75, 3.05) is 4.72 Å². The molecule has 0 aliphatic carbocycles. The highest BCUT2D eigenvalue weighted by molar-refractivity contribution is 7.92. The molecule has 1 N–H and O–H groups in total. The van der Waals surface area contributed by atoms with Crippen LogP contribution in [0.1, 0.15) is 5.56 Å². The smallest absolute Gasteiger partial charge is 0.261 e. The fourth-order valence-electron chi connectivity index (χ4n) is 1.63. The molecule has 102 valence electrons. The van der Waals surface area contributed by atoms with Crippen molar-refractivity contribution >= 4 is 15.7 Å². The van der Waals surface area contributed by atoms with Gasteiger partial charge in [0.05, 0.1) is 17.4 Å². The highest BCUT2D eigenvalue weighted by Gasteiger charge is 2.14. The summed E-state index contributed by atoms with van der Waals surface area (Å²) in [5, 5.41) is 8.55. The molecule has 2 rings (SSSR count). The predicted molar refractivity (Wildman–Crippen MR) is 73.0 cm³/mol. The van der Waals surface area contributed by atoms with Crippen molar-refractivity contribution in [2.45, 2.75) is 11.3 Å². The minimum Gasteiger partial charge on any atom is -0.280 e. The summed E-state index contributed by atoms with van der Waals surface area (Å²) in [7, 11) is -3.82. The molecule has 0 aromatic heterocycles. The van der Waals surface area contributed by atoms with Gasteiger partial charge in [0.1, 0.15) is 5.82 Å². The molecule has 0 atom stereocenters. The maximum absolute atomic E-state index is 13.1. The zero-order valence-corrected chi connectivity index (χ0v) is 11.2. The van der Waals surface area contributed by atoms with Gasteiger partial charge in [-0.05, 0) is 35.9 Å². The second-order valence-corrected chi connectivity index (χ2v) is 5.78. The molecular formula is C14H11FN2O2S. The average Bonchev–Trinajstić information content (AvgIpc) is 2.41. The molecule has 0 spiro atoms. The van der Waals surface area contributed by atoms with E-state index in [4.69, 9.17) is 5.26 Å². The first-order valence-corrected chi connectivity index (χ1v) is 7.24. The van der Waals surface area contributed by atoms with E-state index in [1.807, 2.05) is 6.07 Å². The maximum Gasteiger partial charge on any atom is 0.261 e. The molecule has 0 amide bonds. The fourth-order valence-corrected chi connectivity index (χ4v) is 2.72. The van der Waals surface area contributed by atoms with Gasteiger partial charge in [-0.25, -0.2) is 12.8 Å². The second-order valence-electron chi connectivity index (χ2n) is 4.09. The molecule has 0 aliphatic rings. The number of hydrogen-bond acceptors (Lipinski definition) is 3. The number of benzene rings is 2. The van der Waals surface area contributed by atoms with Gasteiger partial charge < -0.3 is 0 Å². The highest BCUT2D eigenvalue weighted by Crippen LogP contribution is 2.17. The van der Waals surface area contributed by atoms with E-state index in [1.165, 1.54) is 18.2 Å². The largest absolute Gasteiger partial charge is 0.280 e. The van der Waals surface area contributed by atoms with Crippen LogP contribution in [-0.2, 0) is 16.4 Å². The third-order valence-electron chi connectivity index (χ3n) is 2.60. The number of rotatable bonds is 4. The third kappa shape index (κ3) is 3.33. The molecule has 20 heavy (non-hydrogen) atoms. The van der Waals surface area contributed by atoms with Crippen molar-refractivity contribution in [1.82, 2.24) is 0 Å². The molecule has 0 aliphatic heterocycles. The number of hydrogen-bond donors (Lipinski definition) is 1. The SMILES string of the molecule is N#CCc1ccc(NS(=O)(=O)c2cccc(F)c2)cc1. The van der Waals surface area contributed by atoms with E-state index < -0.39 is 15.8 Å². The topological polar surface area (TPSA) is 70.0 Å². The summed E-state index contributed by atoms with van der Waals surface area (Å²) in [6, 6.07) is 13.2. The molecule has 0 heterocycles. The van der Waals surface area contributed by atoms with E-state index in [-0.39, 0.29) is 11.3 Å². The molecule has 0 saturated carbocycles. The zero-order valence-electron chi connectivity index (χ0n) is 10.4. The van der Waals surface area contributed by atoms with Gasteiger partial charge in [-0.3, -0.25) is 4.72 Å². The number of nitrogens with zero attached hydrogens (tertiary/aromatic N) is 1. The zero-order chi connectivity index (χ0) is 14.6. The van der Waals surface area contributed by atoms with Gasteiger partial charge in [0.15, 0.2) is 0 Å². The van der Waals surface area contributed by atoms with Crippen molar-refractivity contribution in [3.8, 4) is 6.07 Å². The van der Waals surface area contributed by atoms with Crippen LogP contribution in [0.15, 0.2) is 53.4 Å². The van der Waals surface area contributed by atoms with Gasteiger partial charge in [-0.1, -0.05) is 18.2 Å². The Labute approximate surface area is 116 Å². The van der Waals surface area contributed by atoms with Gasteiger partial charge in [0, 0.05) is 5.69 Å². The normalized spacial score (nSPS) is 10.8. The van der Waals surface area contributed by atoms with Gasteiger partial charge in [0.25, 0.3) is 10.0 Å². The molecule has 4 nitrogen and oxygen atoms in total. The number of sulfonamides is 1. The summed E-state index contributed by atoms with van der Waals surface area (Å²) in [5.74, 6) is -0.614. The van der Waals surface area contributed by atoms with Crippen LogP contribution in [0.5, 0.6) is 0 Å². The molecular weight excluding hydrogens is 279 g/mol. The monoisotopic (exact) mass is 290 g/mol. The van der Waals surface area contributed by atoms with Crippen molar-refractivity contribution in [3.05, 3.63) is 59.9 Å². The summed E-state index contributed by atoms with van der Waals surface area (Å²) >= 11 is 0. The van der Waals surface area contributed by atoms with Gasteiger partial charge >= 0.3 is 0 Å². The summed E-state index contributed by atoms with van der Waals surface area (Å²) in [6.07, 6.45) is 0.261. The van der Waals surface area contributed by atoms with Crippen LogP contribution in [0.2, 0.25) is 0 Å². The lowest BCUT2D eigenvalue weighted by molar-refractivity contribution is 0.595.